The Balaban J connectivity index is 2.08. The second kappa shape index (κ2) is 7.31. The second-order valence-corrected chi connectivity index (χ2v) is 5.13. The van der Waals surface area contributed by atoms with Crippen LogP contribution in [0.4, 0.5) is 0 Å². The fourth-order valence-corrected chi connectivity index (χ4v) is 2.69. The highest BCUT2D eigenvalue weighted by atomic mass is 16.6. The molecule has 0 radical (unpaired) electrons. The van der Waals surface area contributed by atoms with Crippen LogP contribution in [-0.2, 0) is 20.8 Å². The smallest absolute Gasteiger partial charge is 0.115 e. The van der Waals surface area contributed by atoms with Crippen molar-refractivity contribution in [1.82, 2.24) is 0 Å². The van der Waals surface area contributed by atoms with Crippen molar-refractivity contribution in [2.45, 2.75) is 43.2 Å². The molecular weight excluding hydrogens is 276 g/mol. The third-order valence-electron chi connectivity index (χ3n) is 3.85. The highest BCUT2D eigenvalue weighted by molar-refractivity contribution is 5.13. The highest BCUT2D eigenvalue weighted by Gasteiger charge is 2.50. The average molecular weight is 298 g/mol. The van der Waals surface area contributed by atoms with Crippen LogP contribution in [0.3, 0.4) is 0 Å². The van der Waals surface area contributed by atoms with Crippen molar-refractivity contribution in [3.05, 3.63) is 35.9 Å². The van der Waals surface area contributed by atoms with Crippen LogP contribution >= 0.6 is 0 Å². The molecule has 1 aromatic carbocycles. The number of aliphatic hydroxyl groups is 3. The van der Waals surface area contributed by atoms with Crippen molar-refractivity contribution in [1.29, 1.82) is 0 Å². The minimum atomic E-state index is -1.14. The number of aliphatic hydroxyl groups excluding tert-OH is 3. The molecule has 0 aliphatic heterocycles. The third-order valence-corrected chi connectivity index (χ3v) is 3.85. The fourth-order valence-electron chi connectivity index (χ4n) is 2.69. The van der Waals surface area contributed by atoms with Crippen LogP contribution in [0.2, 0.25) is 0 Å². The van der Waals surface area contributed by atoms with E-state index in [-0.39, 0.29) is 6.61 Å². The zero-order valence-corrected chi connectivity index (χ0v) is 12.1. The Hall–Kier alpha value is -1.02. The van der Waals surface area contributed by atoms with Crippen molar-refractivity contribution in [2.75, 3.05) is 14.2 Å². The zero-order chi connectivity index (χ0) is 15.4. The molecule has 3 N–H and O–H groups in total. The van der Waals surface area contributed by atoms with E-state index in [1.165, 1.54) is 14.2 Å². The molecule has 0 saturated heterocycles. The number of ether oxygens (including phenoxy) is 3. The standard InChI is InChI=1S/C15H22O6/c1-19-13-10(16)14(20-2)12(18)15(11(13)17)21-8-9-6-4-3-5-7-9/h3-7,10-18H,8H2,1-2H3. The maximum atomic E-state index is 10.2. The SMILES string of the molecule is COC1C(O)C(OC)C(O)C(OCc2ccccc2)C1O. The minimum Gasteiger partial charge on any atom is -0.387 e. The monoisotopic (exact) mass is 298 g/mol. The first-order chi connectivity index (χ1) is 10.1. The van der Waals surface area contributed by atoms with Crippen LogP contribution in [0.5, 0.6) is 0 Å². The molecule has 1 aromatic rings. The van der Waals surface area contributed by atoms with E-state index in [1.807, 2.05) is 30.3 Å². The number of hydrogen-bond acceptors (Lipinski definition) is 6. The molecule has 0 amide bonds. The average Bonchev–Trinajstić information content (AvgIpc) is 2.49. The van der Waals surface area contributed by atoms with E-state index < -0.39 is 36.6 Å². The molecule has 4 unspecified atom stereocenters. The summed E-state index contributed by atoms with van der Waals surface area (Å²) in [6.45, 7) is 0.239. The van der Waals surface area contributed by atoms with E-state index in [1.54, 1.807) is 0 Å². The summed E-state index contributed by atoms with van der Waals surface area (Å²) in [5.74, 6) is 0. The molecule has 118 valence electrons. The fraction of sp³-hybridized carbons (Fsp3) is 0.600. The molecule has 21 heavy (non-hydrogen) atoms. The van der Waals surface area contributed by atoms with E-state index in [0.29, 0.717) is 0 Å². The van der Waals surface area contributed by atoms with E-state index in [9.17, 15) is 15.3 Å². The largest absolute Gasteiger partial charge is 0.387 e. The Morgan fingerprint density at radius 3 is 1.76 bits per heavy atom. The maximum Gasteiger partial charge on any atom is 0.115 e. The highest BCUT2D eigenvalue weighted by Crippen LogP contribution is 2.27. The molecule has 0 spiro atoms. The van der Waals surface area contributed by atoms with Gasteiger partial charge in [-0.15, -0.1) is 0 Å². The number of rotatable bonds is 5. The summed E-state index contributed by atoms with van der Waals surface area (Å²) in [5.41, 5.74) is 0.922. The predicted molar refractivity (Wildman–Crippen MR) is 74.6 cm³/mol. The van der Waals surface area contributed by atoms with E-state index in [4.69, 9.17) is 14.2 Å². The van der Waals surface area contributed by atoms with Crippen molar-refractivity contribution in [3.63, 3.8) is 0 Å². The third kappa shape index (κ3) is 3.42. The zero-order valence-electron chi connectivity index (χ0n) is 12.1. The summed E-state index contributed by atoms with van der Waals surface area (Å²) in [6.07, 6.45) is -6.06. The molecule has 0 bridgehead atoms. The number of hydrogen-bond donors (Lipinski definition) is 3. The summed E-state index contributed by atoms with van der Waals surface area (Å²) in [4.78, 5) is 0. The maximum absolute atomic E-state index is 10.2. The molecule has 1 aliphatic rings. The van der Waals surface area contributed by atoms with Gasteiger partial charge in [0.05, 0.1) is 6.61 Å². The first-order valence-electron chi connectivity index (χ1n) is 6.85. The first kappa shape index (κ1) is 16.4. The lowest BCUT2D eigenvalue weighted by Gasteiger charge is -2.44. The lowest BCUT2D eigenvalue weighted by molar-refractivity contribution is -0.248. The Labute approximate surface area is 123 Å². The van der Waals surface area contributed by atoms with E-state index >= 15 is 0 Å². The second-order valence-electron chi connectivity index (χ2n) is 5.13. The van der Waals surface area contributed by atoms with Crippen LogP contribution in [-0.4, -0.2) is 66.2 Å². The van der Waals surface area contributed by atoms with E-state index in [2.05, 4.69) is 0 Å². The van der Waals surface area contributed by atoms with Crippen molar-refractivity contribution in [2.24, 2.45) is 0 Å². The van der Waals surface area contributed by atoms with Crippen molar-refractivity contribution >= 4 is 0 Å². The minimum absolute atomic E-state index is 0.239. The first-order valence-corrected chi connectivity index (χ1v) is 6.85. The van der Waals surface area contributed by atoms with Crippen LogP contribution in [0, 0.1) is 0 Å². The predicted octanol–water partition coefficient (Wildman–Crippen LogP) is -0.302. The van der Waals surface area contributed by atoms with Gasteiger partial charge < -0.3 is 29.5 Å². The summed E-state index contributed by atoms with van der Waals surface area (Å²) >= 11 is 0. The van der Waals surface area contributed by atoms with Gasteiger partial charge in [-0.3, -0.25) is 0 Å². The molecule has 4 atom stereocenters. The lowest BCUT2D eigenvalue weighted by Crippen LogP contribution is -2.65. The molecule has 6 heteroatoms. The topological polar surface area (TPSA) is 88.4 Å². The van der Waals surface area contributed by atoms with Gasteiger partial charge in [-0.1, -0.05) is 30.3 Å². The molecule has 0 heterocycles. The van der Waals surface area contributed by atoms with Gasteiger partial charge in [0.2, 0.25) is 0 Å². The molecular formula is C15H22O6. The number of methoxy groups -OCH3 is 2. The Morgan fingerprint density at radius 2 is 1.29 bits per heavy atom. The van der Waals surface area contributed by atoms with Gasteiger partial charge in [-0.2, -0.15) is 0 Å². The molecule has 2 rings (SSSR count). The quantitative estimate of drug-likeness (QED) is 0.691. The van der Waals surface area contributed by atoms with Gasteiger partial charge in [-0.05, 0) is 5.56 Å². The van der Waals surface area contributed by atoms with Crippen LogP contribution < -0.4 is 0 Å². The van der Waals surface area contributed by atoms with Gasteiger partial charge in [0.1, 0.15) is 36.6 Å². The Morgan fingerprint density at radius 1 is 0.810 bits per heavy atom. The van der Waals surface area contributed by atoms with Crippen molar-refractivity contribution < 1.29 is 29.5 Å². The lowest BCUT2D eigenvalue weighted by atomic mass is 9.84. The van der Waals surface area contributed by atoms with Gasteiger partial charge in [0.25, 0.3) is 0 Å². The number of benzene rings is 1. The summed E-state index contributed by atoms with van der Waals surface area (Å²) < 4.78 is 15.8. The molecule has 1 aliphatic carbocycles. The summed E-state index contributed by atoms with van der Waals surface area (Å²) in [5, 5.41) is 30.5. The van der Waals surface area contributed by atoms with Gasteiger partial charge >= 0.3 is 0 Å². The Bertz CT molecular complexity index is 407. The Kier molecular flexibility index (Phi) is 5.69. The van der Waals surface area contributed by atoms with Crippen LogP contribution in [0.25, 0.3) is 0 Å². The normalized spacial score (nSPS) is 36.6. The molecule has 1 fully saturated rings. The van der Waals surface area contributed by atoms with E-state index in [0.717, 1.165) is 5.56 Å². The van der Waals surface area contributed by atoms with Gasteiger partial charge in [0, 0.05) is 14.2 Å². The van der Waals surface area contributed by atoms with Crippen LogP contribution in [0.15, 0.2) is 30.3 Å². The van der Waals surface area contributed by atoms with Gasteiger partial charge in [-0.25, -0.2) is 0 Å². The van der Waals surface area contributed by atoms with Crippen LogP contribution in [0.1, 0.15) is 5.56 Å². The molecule has 6 nitrogen and oxygen atoms in total. The molecule has 1 saturated carbocycles. The molecule has 0 aromatic heterocycles. The van der Waals surface area contributed by atoms with Gasteiger partial charge in [0.15, 0.2) is 0 Å². The van der Waals surface area contributed by atoms with Crippen molar-refractivity contribution in [3.8, 4) is 0 Å². The summed E-state index contributed by atoms with van der Waals surface area (Å²) in [7, 11) is 2.77. The summed E-state index contributed by atoms with van der Waals surface area (Å²) in [6, 6.07) is 9.43.